The summed E-state index contributed by atoms with van der Waals surface area (Å²) in [7, 11) is 0. The van der Waals surface area contributed by atoms with Gasteiger partial charge in [-0.1, -0.05) is 31.3 Å². The molecule has 3 nitrogen and oxygen atoms in total. The Bertz CT molecular complexity index is 554. The highest BCUT2D eigenvalue weighted by molar-refractivity contribution is 5.96. The summed E-state index contributed by atoms with van der Waals surface area (Å²) in [5, 5.41) is 3.12. The van der Waals surface area contributed by atoms with Crippen molar-refractivity contribution >= 4 is 5.91 Å². The maximum absolute atomic E-state index is 12.3. The molecule has 106 valence electrons. The summed E-state index contributed by atoms with van der Waals surface area (Å²) >= 11 is 0. The van der Waals surface area contributed by atoms with Crippen molar-refractivity contribution in [2.24, 2.45) is 11.7 Å². The summed E-state index contributed by atoms with van der Waals surface area (Å²) in [5.74, 6) is 6.53. The van der Waals surface area contributed by atoms with E-state index in [2.05, 4.69) is 24.1 Å². The summed E-state index contributed by atoms with van der Waals surface area (Å²) in [5.41, 5.74) is 7.92. The number of carbonyl (C=O) groups excluding carboxylic acids is 1. The van der Waals surface area contributed by atoms with Crippen LogP contribution in [0.15, 0.2) is 18.2 Å². The second kappa shape index (κ2) is 6.58. The van der Waals surface area contributed by atoms with Crippen LogP contribution < -0.4 is 11.1 Å². The first kappa shape index (κ1) is 14.6. The fourth-order valence-corrected chi connectivity index (χ4v) is 2.52. The van der Waals surface area contributed by atoms with Crippen molar-refractivity contribution in [2.75, 3.05) is 6.54 Å². The van der Waals surface area contributed by atoms with Crippen LogP contribution in [0.1, 0.15) is 47.7 Å². The highest BCUT2D eigenvalue weighted by Gasteiger charge is 2.37. The predicted molar refractivity (Wildman–Crippen MR) is 81.4 cm³/mol. The second-order valence-electron chi connectivity index (χ2n) is 5.35. The number of benzene rings is 1. The minimum atomic E-state index is 0.0162. The molecule has 3 heteroatoms. The minimum Gasteiger partial charge on any atom is -0.349 e. The van der Waals surface area contributed by atoms with Crippen LogP contribution in [0.5, 0.6) is 0 Å². The first-order chi connectivity index (χ1) is 9.67. The molecule has 1 saturated carbocycles. The largest absolute Gasteiger partial charge is 0.349 e. The number of hydrogen-bond acceptors (Lipinski definition) is 2. The summed E-state index contributed by atoms with van der Waals surface area (Å²) in [6, 6.07) is 6.01. The molecule has 0 heterocycles. The smallest absolute Gasteiger partial charge is 0.251 e. The van der Waals surface area contributed by atoms with Gasteiger partial charge in [0.2, 0.25) is 0 Å². The Morgan fingerprint density at radius 3 is 3.00 bits per heavy atom. The van der Waals surface area contributed by atoms with E-state index in [1.807, 2.05) is 25.1 Å². The number of nitrogens with two attached hydrogens (primary N) is 1. The number of hydrogen-bond donors (Lipinski definition) is 2. The molecule has 0 radical (unpaired) electrons. The quantitative estimate of drug-likeness (QED) is 0.824. The van der Waals surface area contributed by atoms with Crippen molar-refractivity contribution in [3.05, 3.63) is 34.9 Å². The zero-order valence-corrected chi connectivity index (χ0v) is 12.2. The first-order valence-corrected chi connectivity index (χ1v) is 7.26. The summed E-state index contributed by atoms with van der Waals surface area (Å²) in [6.07, 6.45) is 3.50. The Balaban J connectivity index is 2.07. The van der Waals surface area contributed by atoms with Gasteiger partial charge in [-0.05, 0) is 43.4 Å². The molecule has 1 amide bonds. The van der Waals surface area contributed by atoms with E-state index in [1.165, 1.54) is 12.8 Å². The topological polar surface area (TPSA) is 55.1 Å². The molecule has 0 spiro atoms. The Hall–Kier alpha value is -1.79. The monoisotopic (exact) mass is 270 g/mol. The Morgan fingerprint density at radius 2 is 2.30 bits per heavy atom. The number of nitrogens with one attached hydrogen (secondary N) is 1. The minimum absolute atomic E-state index is 0.0162. The highest BCUT2D eigenvalue weighted by atomic mass is 16.1. The lowest BCUT2D eigenvalue weighted by Crippen LogP contribution is -2.27. The molecule has 0 aromatic heterocycles. The van der Waals surface area contributed by atoms with Crippen molar-refractivity contribution in [1.82, 2.24) is 5.32 Å². The van der Waals surface area contributed by atoms with Gasteiger partial charge in [0.15, 0.2) is 0 Å². The summed E-state index contributed by atoms with van der Waals surface area (Å²) in [4.78, 5) is 12.3. The Labute approximate surface area is 120 Å². The SMILES string of the molecule is CCCC1CC1NC(=O)c1cccc(C#CCN)c1C. The van der Waals surface area contributed by atoms with Gasteiger partial charge in [0.05, 0.1) is 6.54 Å². The van der Waals surface area contributed by atoms with Crippen molar-refractivity contribution in [3.63, 3.8) is 0 Å². The molecule has 20 heavy (non-hydrogen) atoms. The molecule has 0 saturated heterocycles. The summed E-state index contributed by atoms with van der Waals surface area (Å²) < 4.78 is 0. The lowest BCUT2D eigenvalue weighted by atomic mass is 10.0. The molecular formula is C17H22N2O. The van der Waals surface area contributed by atoms with Crippen LogP contribution in [-0.2, 0) is 0 Å². The van der Waals surface area contributed by atoms with E-state index in [0.717, 1.165) is 23.1 Å². The third-order valence-corrected chi connectivity index (χ3v) is 3.80. The normalized spacial score (nSPS) is 19.9. The number of carbonyl (C=O) groups is 1. The molecule has 2 atom stereocenters. The van der Waals surface area contributed by atoms with Gasteiger partial charge >= 0.3 is 0 Å². The maximum atomic E-state index is 12.3. The van der Waals surface area contributed by atoms with Crippen molar-refractivity contribution in [1.29, 1.82) is 0 Å². The molecule has 1 aromatic carbocycles. The van der Waals surface area contributed by atoms with Crippen molar-refractivity contribution in [2.45, 2.75) is 39.2 Å². The van der Waals surface area contributed by atoms with Gasteiger partial charge in [0, 0.05) is 17.2 Å². The van der Waals surface area contributed by atoms with Crippen LogP contribution in [0.25, 0.3) is 0 Å². The standard InChI is InChI=1S/C17H22N2O/c1-3-6-14-11-16(14)19-17(20)15-9-4-7-13(12(15)2)8-5-10-18/h4,7,9,14,16H,3,6,10-11,18H2,1-2H3,(H,19,20). The molecule has 0 bridgehead atoms. The maximum Gasteiger partial charge on any atom is 0.251 e. The Morgan fingerprint density at radius 1 is 1.50 bits per heavy atom. The third kappa shape index (κ3) is 3.40. The highest BCUT2D eigenvalue weighted by Crippen LogP contribution is 2.34. The van der Waals surface area contributed by atoms with E-state index in [0.29, 0.717) is 18.5 Å². The number of rotatable bonds is 4. The van der Waals surface area contributed by atoms with Crippen LogP contribution in [0.4, 0.5) is 0 Å². The van der Waals surface area contributed by atoms with Crippen LogP contribution in [0.3, 0.4) is 0 Å². The fourth-order valence-electron chi connectivity index (χ4n) is 2.52. The average molecular weight is 270 g/mol. The zero-order valence-electron chi connectivity index (χ0n) is 12.2. The average Bonchev–Trinajstić information content (AvgIpc) is 3.16. The van der Waals surface area contributed by atoms with E-state index >= 15 is 0 Å². The molecule has 3 N–H and O–H groups in total. The van der Waals surface area contributed by atoms with Crippen LogP contribution in [0.2, 0.25) is 0 Å². The molecule has 2 rings (SSSR count). The molecule has 1 aliphatic carbocycles. The van der Waals surface area contributed by atoms with E-state index in [4.69, 9.17) is 5.73 Å². The van der Waals surface area contributed by atoms with Crippen molar-refractivity contribution < 1.29 is 4.79 Å². The molecule has 1 aromatic rings. The van der Waals surface area contributed by atoms with Gasteiger partial charge < -0.3 is 11.1 Å². The molecule has 2 unspecified atom stereocenters. The summed E-state index contributed by atoms with van der Waals surface area (Å²) in [6.45, 7) is 4.45. The van der Waals surface area contributed by atoms with Gasteiger partial charge in [-0.2, -0.15) is 0 Å². The molecule has 0 aliphatic heterocycles. The van der Waals surface area contributed by atoms with Crippen LogP contribution in [-0.4, -0.2) is 18.5 Å². The lowest BCUT2D eigenvalue weighted by Gasteiger charge is -2.09. The molecule has 1 fully saturated rings. The van der Waals surface area contributed by atoms with Gasteiger partial charge in [0.25, 0.3) is 5.91 Å². The second-order valence-corrected chi connectivity index (χ2v) is 5.35. The van der Waals surface area contributed by atoms with Crippen LogP contribution in [0, 0.1) is 24.7 Å². The predicted octanol–water partition coefficient (Wildman–Crippen LogP) is 2.22. The van der Waals surface area contributed by atoms with Gasteiger partial charge in [0.1, 0.15) is 0 Å². The van der Waals surface area contributed by atoms with E-state index in [1.54, 1.807) is 0 Å². The van der Waals surface area contributed by atoms with E-state index < -0.39 is 0 Å². The van der Waals surface area contributed by atoms with Crippen molar-refractivity contribution in [3.8, 4) is 11.8 Å². The molecule has 1 aliphatic rings. The van der Waals surface area contributed by atoms with Gasteiger partial charge in [-0.3, -0.25) is 4.79 Å². The molecular weight excluding hydrogens is 248 g/mol. The number of amides is 1. The van der Waals surface area contributed by atoms with E-state index in [9.17, 15) is 4.79 Å². The van der Waals surface area contributed by atoms with Crippen LogP contribution >= 0.6 is 0 Å². The van der Waals surface area contributed by atoms with E-state index in [-0.39, 0.29) is 5.91 Å². The fraction of sp³-hybridized carbons (Fsp3) is 0.471. The third-order valence-electron chi connectivity index (χ3n) is 3.80. The first-order valence-electron chi connectivity index (χ1n) is 7.26. The van der Waals surface area contributed by atoms with Gasteiger partial charge in [-0.25, -0.2) is 0 Å². The Kier molecular flexibility index (Phi) is 4.81. The van der Waals surface area contributed by atoms with Gasteiger partial charge in [-0.15, -0.1) is 0 Å². The lowest BCUT2D eigenvalue weighted by molar-refractivity contribution is 0.0948. The zero-order chi connectivity index (χ0) is 14.5.